The predicted octanol–water partition coefficient (Wildman–Crippen LogP) is 0.968. The Balaban J connectivity index is 1.85. The van der Waals surface area contributed by atoms with E-state index in [0.29, 0.717) is 25.7 Å². The van der Waals surface area contributed by atoms with Gasteiger partial charge in [0.1, 0.15) is 12.2 Å². The van der Waals surface area contributed by atoms with Crippen LogP contribution in [0.4, 0.5) is 0 Å². The molecule has 0 aromatic heterocycles. The lowest BCUT2D eigenvalue weighted by Crippen LogP contribution is -2.68. The predicted molar refractivity (Wildman–Crippen MR) is 63.7 cm³/mol. The van der Waals surface area contributed by atoms with Crippen molar-refractivity contribution in [3.8, 4) is 0 Å². The van der Waals surface area contributed by atoms with Crippen molar-refractivity contribution in [3.63, 3.8) is 0 Å². The molecule has 0 spiro atoms. The fourth-order valence-electron chi connectivity index (χ4n) is 2.35. The van der Waals surface area contributed by atoms with Crippen molar-refractivity contribution in [2.75, 3.05) is 6.61 Å². The SMILES string of the molecule is CC(C)(C)C(=O)OC[C@H]1CCC2(O)CCC2(O)O1. The maximum Gasteiger partial charge on any atom is 0.311 e. The summed E-state index contributed by atoms with van der Waals surface area (Å²) in [6, 6.07) is 0. The first-order chi connectivity index (χ1) is 8.16. The van der Waals surface area contributed by atoms with Gasteiger partial charge in [0.05, 0.1) is 11.5 Å². The first kappa shape index (κ1) is 13.8. The van der Waals surface area contributed by atoms with E-state index in [-0.39, 0.29) is 18.7 Å². The van der Waals surface area contributed by atoms with E-state index in [9.17, 15) is 15.0 Å². The van der Waals surface area contributed by atoms with Crippen LogP contribution >= 0.6 is 0 Å². The van der Waals surface area contributed by atoms with E-state index in [1.807, 2.05) is 0 Å². The summed E-state index contributed by atoms with van der Waals surface area (Å²) in [5.41, 5.74) is -1.64. The smallest absolute Gasteiger partial charge is 0.311 e. The van der Waals surface area contributed by atoms with Crippen molar-refractivity contribution >= 4 is 5.97 Å². The number of carbonyl (C=O) groups is 1. The lowest BCUT2D eigenvalue weighted by molar-refractivity contribution is -0.390. The van der Waals surface area contributed by atoms with Crippen molar-refractivity contribution in [1.29, 1.82) is 0 Å². The number of hydrogen-bond donors (Lipinski definition) is 2. The normalized spacial score (nSPS) is 39.7. The monoisotopic (exact) mass is 258 g/mol. The molecule has 0 bridgehead atoms. The summed E-state index contributed by atoms with van der Waals surface area (Å²) < 4.78 is 10.6. The average Bonchev–Trinajstić information content (AvgIpc) is 2.27. The molecule has 5 nitrogen and oxygen atoms in total. The van der Waals surface area contributed by atoms with E-state index in [1.54, 1.807) is 20.8 Å². The number of esters is 1. The molecule has 0 aromatic carbocycles. The molecule has 2 aliphatic rings. The Bertz CT molecular complexity index is 348. The minimum atomic E-state index is -1.44. The molecule has 1 aliphatic heterocycles. The number of carbonyl (C=O) groups excluding carboxylic acids is 1. The van der Waals surface area contributed by atoms with Crippen LogP contribution in [0.1, 0.15) is 46.5 Å². The van der Waals surface area contributed by atoms with Crippen molar-refractivity contribution in [2.45, 2.75) is 63.9 Å². The number of fused-ring (bicyclic) bond motifs is 1. The Morgan fingerprint density at radius 2 is 2.00 bits per heavy atom. The van der Waals surface area contributed by atoms with Crippen LogP contribution in [-0.4, -0.2) is 40.3 Å². The van der Waals surface area contributed by atoms with Gasteiger partial charge in [0.2, 0.25) is 0 Å². The first-order valence-electron chi connectivity index (χ1n) is 6.46. The highest BCUT2D eigenvalue weighted by Gasteiger charge is 2.61. The van der Waals surface area contributed by atoms with Crippen molar-refractivity contribution in [3.05, 3.63) is 0 Å². The molecule has 1 heterocycles. The zero-order valence-corrected chi connectivity index (χ0v) is 11.2. The number of hydrogen-bond acceptors (Lipinski definition) is 5. The molecule has 1 aliphatic carbocycles. The maximum absolute atomic E-state index is 11.6. The number of aliphatic hydroxyl groups is 2. The minimum Gasteiger partial charge on any atom is -0.463 e. The molecular formula is C13H22O5. The van der Waals surface area contributed by atoms with Gasteiger partial charge < -0.3 is 19.7 Å². The Morgan fingerprint density at radius 3 is 2.44 bits per heavy atom. The third kappa shape index (κ3) is 2.27. The molecule has 0 amide bonds. The number of rotatable bonds is 2. The molecule has 2 N–H and O–H groups in total. The van der Waals surface area contributed by atoms with Gasteiger partial charge in [0.15, 0.2) is 5.79 Å². The van der Waals surface area contributed by atoms with Crippen molar-refractivity contribution in [1.82, 2.24) is 0 Å². The van der Waals surface area contributed by atoms with Gasteiger partial charge in [0, 0.05) is 6.42 Å². The van der Waals surface area contributed by atoms with E-state index in [1.165, 1.54) is 0 Å². The molecule has 0 aromatic rings. The Morgan fingerprint density at radius 1 is 1.33 bits per heavy atom. The fraction of sp³-hybridized carbons (Fsp3) is 0.923. The molecule has 3 atom stereocenters. The lowest BCUT2D eigenvalue weighted by atomic mass is 9.68. The third-order valence-corrected chi connectivity index (χ3v) is 3.86. The van der Waals surface area contributed by atoms with Gasteiger partial charge >= 0.3 is 5.97 Å². The third-order valence-electron chi connectivity index (χ3n) is 3.86. The van der Waals surface area contributed by atoms with Crippen LogP contribution < -0.4 is 0 Å². The van der Waals surface area contributed by atoms with Gasteiger partial charge in [-0.1, -0.05) is 0 Å². The standard InChI is InChI=1S/C13H22O5/c1-11(2,3)10(14)17-8-9-4-5-12(15)6-7-13(12,16)18-9/h9,15-16H,4-8H2,1-3H3/t9-,12?,13?/m1/s1. The molecule has 1 saturated heterocycles. The van der Waals surface area contributed by atoms with Crippen LogP contribution in [0, 0.1) is 5.41 Å². The summed E-state index contributed by atoms with van der Waals surface area (Å²) >= 11 is 0. The summed E-state index contributed by atoms with van der Waals surface area (Å²) in [4.78, 5) is 11.6. The highest BCUT2D eigenvalue weighted by atomic mass is 16.7. The van der Waals surface area contributed by atoms with Crippen LogP contribution in [0.3, 0.4) is 0 Å². The molecule has 1 saturated carbocycles. The second kappa shape index (κ2) is 4.18. The van der Waals surface area contributed by atoms with Crippen LogP contribution in [-0.2, 0) is 14.3 Å². The second-order valence-corrected chi connectivity index (χ2v) is 6.44. The molecule has 18 heavy (non-hydrogen) atoms. The highest BCUT2D eigenvalue weighted by molar-refractivity contribution is 5.75. The van der Waals surface area contributed by atoms with Gasteiger partial charge in [-0.15, -0.1) is 0 Å². The van der Waals surface area contributed by atoms with Gasteiger partial charge in [-0.2, -0.15) is 0 Å². The summed E-state index contributed by atoms with van der Waals surface area (Å²) in [6.45, 7) is 5.49. The van der Waals surface area contributed by atoms with Gasteiger partial charge in [-0.05, 0) is 40.0 Å². The zero-order valence-electron chi connectivity index (χ0n) is 11.2. The van der Waals surface area contributed by atoms with Crippen molar-refractivity contribution in [2.24, 2.45) is 5.41 Å². The molecular weight excluding hydrogens is 236 g/mol. The molecule has 104 valence electrons. The first-order valence-corrected chi connectivity index (χ1v) is 6.46. The van der Waals surface area contributed by atoms with Crippen LogP contribution in [0.15, 0.2) is 0 Å². The summed E-state index contributed by atoms with van der Waals surface area (Å²) in [6.07, 6.45) is 1.75. The van der Waals surface area contributed by atoms with Gasteiger partial charge in [-0.3, -0.25) is 4.79 Å². The molecule has 2 fully saturated rings. The zero-order chi connectivity index (χ0) is 13.6. The summed E-state index contributed by atoms with van der Waals surface area (Å²) in [5.74, 6) is -1.73. The largest absolute Gasteiger partial charge is 0.463 e. The Hall–Kier alpha value is -0.650. The number of ether oxygens (including phenoxy) is 2. The Labute approximate surface area is 107 Å². The van der Waals surface area contributed by atoms with Gasteiger partial charge in [-0.25, -0.2) is 0 Å². The van der Waals surface area contributed by atoms with E-state index < -0.39 is 16.8 Å². The van der Waals surface area contributed by atoms with E-state index >= 15 is 0 Å². The second-order valence-electron chi connectivity index (χ2n) is 6.44. The minimum absolute atomic E-state index is 0.133. The van der Waals surface area contributed by atoms with Crippen LogP contribution in [0.2, 0.25) is 0 Å². The molecule has 0 radical (unpaired) electrons. The van der Waals surface area contributed by atoms with E-state index in [4.69, 9.17) is 9.47 Å². The Kier molecular flexibility index (Phi) is 3.20. The molecule has 2 rings (SSSR count). The fourth-order valence-corrected chi connectivity index (χ4v) is 2.35. The molecule has 2 unspecified atom stereocenters. The lowest BCUT2D eigenvalue weighted by Gasteiger charge is -2.56. The average molecular weight is 258 g/mol. The van der Waals surface area contributed by atoms with Crippen LogP contribution in [0.25, 0.3) is 0 Å². The summed E-state index contributed by atoms with van der Waals surface area (Å²) in [5, 5.41) is 20.1. The topological polar surface area (TPSA) is 76.0 Å². The summed E-state index contributed by atoms with van der Waals surface area (Å²) in [7, 11) is 0. The van der Waals surface area contributed by atoms with Gasteiger partial charge in [0.25, 0.3) is 0 Å². The highest BCUT2D eigenvalue weighted by Crippen LogP contribution is 2.50. The molecule has 5 heteroatoms. The van der Waals surface area contributed by atoms with Crippen LogP contribution in [0.5, 0.6) is 0 Å². The van der Waals surface area contributed by atoms with E-state index in [0.717, 1.165) is 0 Å². The van der Waals surface area contributed by atoms with E-state index in [2.05, 4.69) is 0 Å². The van der Waals surface area contributed by atoms with Crippen molar-refractivity contribution < 1.29 is 24.5 Å². The maximum atomic E-state index is 11.6. The quantitative estimate of drug-likeness (QED) is 0.722.